The first-order chi connectivity index (χ1) is 12.7. The molecule has 0 bridgehead atoms. The van der Waals surface area contributed by atoms with E-state index in [1.54, 1.807) is 0 Å². The van der Waals surface area contributed by atoms with Crippen molar-refractivity contribution in [1.29, 1.82) is 0 Å². The monoisotopic (exact) mass is 489 g/mol. The summed E-state index contributed by atoms with van der Waals surface area (Å²) >= 11 is 0. The Kier molecular flexibility index (Phi) is 9.11. The largest absolute Gasteiger partial charge is 0.491 e. The topological polar surface area (TPSA) is 55.3 Å². The van der Waals surface area contributed by atoms with Crippen molar-refractivity contribution in [2.75, 3.05) is 33.4 Å². The van der Waals surface area contributed by atoms with Crippen LogP contribution in [0.15, 0.2) is 29.3 Å². The van der Waals surface area contributed by atoms with Crippen LogP contribution in [0.3, 0.4) is 0 Å². The van der Waals surface area contributed by atoms with Crippen LogP contribution in [0.4, 0.5) is 0 Å². The molecular formula is C20H32IN3O3. The molecule has 1 aromatic carbocycles. The van der Waals surface area contributed by atoms with E-state index in [4.69, 9.17) is 14.2 Å². The molecular weight excluding hydrogens is 457 g/mol. The van der Waals surface area contributed by atoms with Gasteiger partial charge in [-0.1, -0.05) is 12.1 Å². The Morgan fingerprint density at radius 2 is 1.96 bits per heavy atom. The summed E-state index contributed by atoms with van der Waals surface area (Å²) < 4.78 is 17.4. The number of morpholine rings is 1. The molecule has 0 saturated carbocycles. The molecule has 2 saturated heterocycles. The van der Waals surface area contributed by atoms with E-state index in [-0.39, 0.29) is 42.3 Å². The minimum atomic E-state index is 0. The number of aliphatic imine (C=N–C) groups is 1. The highest BCUT2D eigenvalue weighted by Crippen LogP contribution is 2.21. The molecule has 2 unspecified atom stereocenters. The van der Waals surface area contributed by atoms with Gasteiger partial charge in [0.1, 0.15) is 11.9 Å². The van der Waals surface area contributed by atoms with Gasteiger partial charge in [0, 0.05) is 33.3 Å². The number of rotatable bonds is 5. The fraction of sp³-hybridized carbons (Fsp3) is 0.650. The SMILES string of the molecule is CN=C(NCc1ccc(OC(C)C)cc1)N1CCOC(C2CCCO2)C1.I. The highest BCUT2D eigenvalue weighted by molar-refractivity contribution is 14.0. The van der Waals surface area contributed by atoms with Gasteiger partial charge in [-0.05, 0) is 44.4 Å². The smallest absolute Gasteiger partial charge is 0.194 e. The maximum atomic E-state index is 5.93. The fourth-order valence-corrected chi connectivity index (χ4v) is 3.46. The molecule has 2 atom stereocenters. The molecule has 1 aromatic rings. The van der Waals surface area contributed by atoms with E-state index in [0.29, 0.717) is 6.61 Å². The summed E-state index contributed by atoms with van der Waals surface area (Å²) in [6.07, 6.45) is 2.78. The minimum Gasteiger partial charge on any atom is -0.491 e. The third-order valence-electron chi connectivity index (χ3n) is 4.73. The van der Waals surface area contributed by atoms with E-state index in [0.717, 1.165) is 50.8 Å². The second-order valence-corrected chi connectivity index (χ2v) is 7.12. The molecule has 0 aliphatic carbocycles. The highest BCUT2D eigenvalue weighted by atomic mass is 127. The molecule has 2 heterocycles. The van der Waals surface area contributed by atoms with Crippen molar-refractivity contribution in [2.24, 2.45) is 4.99 Å². The quantitative estimate of drug-likeness (QED) is 0.392. The van der Waals surface area contributed by atoms with E-state index < -0.39 is 0 Å². The van der Waals surface area contributed by atoms with Crippen LogP contribution in [-0.2, 0) is 16.0 Å². The Labute approximate surface area is 179 Å². The van der Waals surface area contributed by atoms with Crippen LogP contribution in [0.5, 0.6) is 5.75 Å². The number of nitrogens with one attached hydrogen (secondary N) is 1. The van der Waals surface area contributed by atoms with Gasteiger partial charge >= 0.3 is 0 Å². The van der Waals surface area contributed by atoms with Crippen LogP contribution in [0, 0.1) is 0 Å². The highest BCUT2D eigenvalue weighted by Gasteiger charge is 2.32. The van der Waals surface area contributed by atoms with Gasteiger partial charge < -0.3 is 24.4 Å². The molecule has 2 aliphatic heterocycles. The molecule has 0 amide bonds. The van der Waals surface area contributed by atoms with Crippen LogP contribution in [-0.4, -0.2) is 62.5 Å². The van der Waals surface area contributed by atoms with Crippen molar-refractivity contribution < 1.29 is 14.2 Å². The lowest BCUT2D eigenvalue weighted by atomic mass is 10.1. The van der Waals surface area contributed by atoms with Gasteiger partial charge in [-0.2, -0.15) is 0 Å². The third-order valence-corrected chi connectivity index (χ3v) is 4.73. The predicted molar refractivity (Wildman–Crippen MR) is 118 cm³/mol. The zero-order chi connectivity index (χ0) is 18.4. The molecule has 2 fully saturated rings. The van der Waals surface area contributed by atoms with Gasteiger partial charge in [-0.25, -0.2) is 0 Å². The van der Waals surface area contributed by atoms with E-state index in [1.807, 2.05) is 33.0 Å². The zero-order valence-electron chi connectivity index (χ0n) is 16.5. The zero-order valence-corrected chi connectivity index (χ0v) is 18.8. The Morgan fingerprint density at radius 3 is 2.59 bits per heavy atom. The summed E-state index contributed by atoms with van der Waals surface area (Å²) in [5.74, 6) is 1.82. The van der Waals surface area contributed by atoms with Crippen LogP contribution < -0.4 is 10.1 Å². The lowest BCUT2D eigenvalue weighted by Gasteiger charge is -2.37. The maximum Gasteiger partial charge on any atom is 0.194 e. The number of benzene rings is 1. The Morgan fingerprint density at radius 1 is 1.22 bits per heavy atom. The number of hydrogen-bond acceptors (Lipinski definition) is 4. The van der Waals surface area contributed by atoms with Gasteiger partial charge in [0.05, 0.1) is 18.8 Å². The standard InChI is InChI=1S/C20H31N3O3.HI/c1-15(2)26-17-8-6-16(7-9-17)13-22-20(21-3)23-10-12-25-19(14-23)18-5-4-11-24-18;/h6-9,15,18-19H,4-5,10-14H2,1-3H3,(H,21,22);1H. The second kappa shape index (κ2) is 11.1. The van der Waals surface area contributed by atoms with Crippen molar-refractivity contribution >= 4 is 29.9 Å². The molecule has 3 rings (SSSR count). The average molecular weight is 489 g/mol. The molecule has 0 aromatic heterocycles. The summed E-state index contributed by atoms with van der Waals surface area (Å²) in [7, 11) is 1.83. The number of nitrogens with zero attached hydrogens (tertiary/aromatic N) is 2. The van der Waals surface area contributed by atoms with Gasteiger partial charge in [0.2, 0.25) is 0 Å². The molecule has 0 spiro atoms. The number of hydrogen-bond donors (Lipinski definition) is 1. The van der Waals surface area contributed by atoms with Crippen molar-refractivity contribution in [3.63, 3.8) is 0 Å². The third kappa shape index (κ3) is 6.50. The van der Waals surface area contributed by atoms with Crippen LogP contribution in [0.2, 0.25) is 0 Å². The Balaban J connectivity index is 0.00000261. The van der Waals surface area contributed by atoms with Crippen LogP contribution >= 0.6 is 24.0 Å². The van der Waals surface area contributed by atoms with Crippen molar-refractivity contribution in [3.8, 4) is 5.75 Å². The van der Waals surface area contributed by atoms with E-state index in [9.17, 15) is 0 Å². The fourth-order valence-electron chi connectivity index (χ4n) is 3.46. The van der Waals surface area contributed by atoms with Gasteiger partial charge in [-0.3, -0.25) is 4.99 Å². The molecule has 152 valence electrons. The van der Waals surface area contributed by atoms with E-state index in [2.05, 4.69) is 27.3 Å². The summed E-state index contributed by atoms with van der Waals surface area (Å²) in [5, 5.41) is 3.47. The first kappa shape index (κ1) is 22.2. The number of guanidine groups is 1. The number of halogens is 1. The molecule has 1 N–H and O–H groups in total. The van der Waals surface area contributed by atoms with Gasteiger partial charge in [0.15, 0.2) is 5.96 Å². The predicted octanol–water partition coefficient (Wildman–Crippen LogP) is 3.05. The van der Waals surface area contributed by atoms with Crippen molar-refractivity contribution in [1.82, 2.24) is 10.2 Å². The summed E-state index contributed by atoms with van der Waals surface area (Å²) in [5.41, 5.74) is 1.20. The number of ether oxygens (including phenoxy) is 3. The van der Waals surface area contributed by atoms with Crippen molar-refractivity contribution in [3.05, 3.63) is 29.8 Å². The average Bonchev–Trinajstić information content (AvgIpc) is 3.18. The van der Waals surface area contributed by atoms with E-state index in [1.165, 1.54) is 5.56 Å². The first-order valence-corrected chi connectivity index (χ1v) is 9.60. The van der Waals surface area contributed by atoms with Crippen molar-refractivity contribution in [2.45, 2.75) is 51.5 Å². The molecule has 2 aliphatic rings. The van der Waals surface area contributed by atoms with Crippen LogP contribution in [0.25, 0.3) is 0 Å². The normalized spacial score (nSPS) is 23.3. The Bertz CT molecular complexity index is 589. The molecule has 27 heavy (non-hydrogen) atoms. The lowest BCUT2D eigenvalue weighted by molar-refractivity contribution is -0.0817. The maximum absolute atomic E-state index is 5.93. The Hall–Kier alpha value is -1.06. The summed E-state index contributed by atoms with van der Waals surface area (Å²) in [6.45, 7) is 8.05. The van der Waals surface area contributed by atoms with Crippen LogP contribution in [0.1, 0.15) is 32.3 Å². The lowest BCUT2D eigenvalue weighted by Crippen LogP contribution is -2.53. The molecule has 6 nitrogen and oxygen atoms in total. The molecule has 0 radical (unpaired) electrons. The first-order valence-electron chi connectivity index (χ1n) is 9.60. The van der Waals surface area contributed by atoms with Gasteiger partial charge in [-0.15, -0.1) is 24.0 Å². The van der Waals surface area contributed by atoms with Gasteiger partial charge in [0.25, 0.3) is 0 Å². The summed E-state index contributed by atoms with van der Waals surface area (Å²) in [6, 6.07) is 8.21. The van der Waals surface area contributed by atoms with E-state index >= 15 is 0 Å². The second-order valence-electron chi connectivity index (χ2n) is 7.12. The summed E-state index contributed by atoms with van der Waals surface area (Å²) in [4.78, 5) is 6.73. The minimum absolute atomic E-state index is 0. The molecule has 7 heteroatoms.